The zero-order valence-electron chi connectivity index (χ0n) is 11.4. The van der Waals surface area contributed by atoms with Crippen LogP contribution in [-0.2, 0) is 0 Å². The normalized spacial score (nSPS) is 21.9. The minimum atomic E-state index is -0.0500. The van der Waals surface area contributed by atoms with Crippen molar-refractivity contribution in [2.45, 2.75) is 33.2 Å². The number of nitrogens with zero attached hydrogens (tertiary/aromatic N) is 1. The largest absolute Gasteiger partial charge is 0.444 e. The number of piperidine rings is 1. The highest BCUT2D eigenvalue weighted by Crippen LogP contribution is 2.29. The Bertz CT molecular complexity index is 473. The minimum absolute atomic E-state index is 0. The lowest BCUT2D eigenvalue weighted by Gasteiger charge is -2.42. The Morgan fingerprint density at radius 1 is 1.58 bits per heavy atom. The van der Waals surface area contributed by atoms with Crippen LogP contribution >= 0.6 is 28.3 Å². The molecule has 108 valence electrons. The van der Waals surface area contributed by atoms with Gasteiger partial charge < -0.3 is 15.1 Å². The Hall–Kier alpha value is -0.520. The van der Waals surface area contributed by atoms with Crippen LogP contribution in [0.1, 0.15) is 36.4 Å². The summed E-state index contributed by atoms with van der Waals surface area (Å²) < 4.78 is 6.01. The molecule has 1 aliphatic rings. The molecule has 0 aliphatic carbocycles. The van der Waals surface area contributed by atoms with E-state index in [2.05, 4.69) is 29.8 Å². The van der Waals surface area contributed by atoms with Gasteiger partial charge in [-0.2, -0.15) is 0 Å². The maximum Gasteiger partial charge on any atom is 0.289 e. The van der Waals surface area contributed by atoms with Crippen LogP contribution < -0.4 is 5.73 Å². The monoisotopic (exact) mass is 350 g/mol. The van der Waals surface area contributed by atoms with E-state index >= 15 is 0 Å². The minimum Gasteiger partial charge on any atom is -0.444 e. The average molecular weight is 352 g/mol. The van der Waals surface area contributed by atoms with Crippen LogP contribution in [0.4, 0.5) is 0 Å². The third kappa shape index (κ3) is 3.33. The van der Waals surface area contributed by atoms with Crippen molar-refractivity contribution in [3.8, 4) is 0 Å². The number of nitrogens with two attached hydrogens (primary N) is 1. The first kappa shape index (κ1) is 16.5. The number of rotatable bonds is 1. The number of aryl methyl sites for hydroxylation is 1. The van der Waals surface area contributed by atoms with E-state index in [0.29, 0.717) is 23.5 Å². The summed E-state index contributed by atoms with van der Waals surface area (Å²) in [6, 6.07) is 1.96. The van der Waals surface area contributed by atoms with E-state index in [-0.39, 0.29) is 29.8 Å². The Morgan fingerprint density at radius 2 is 2.21 bits per heavy atom. The number of amides is 1. The molecule has 6 heteroatoms. The molecule has 1 atom stereocenters. The number of carbonyl (C=O) groups is 1. The first-order valence-corrected chi connectivity index (χ1v) is 6.91. The van der Waals surface area contributed by atoms with Gasteiger partial charge in [0.05, 0.1) is 0 Å². The fourth-order valence-corrected chi connectivity index (χ4v) is 2.85. The Morgan fingerprint density at radius 3 is 2.68 bits per heavy atom. The van der Waals surface area contributed by atoms with Crippen molar-refractivity contribution >= 4 is 34.2 Å². The van der Waals surface area contributed by atoms with Gasteiger partial charge in [0.25, 0.3) is 5.91 Å². The lowest BCUT2D eigenvalue weighted by atomic mass is 9.79. The molecule has 2 N–H and O–H groups in total. The highest BCUT2D eigenvalue weighted by molar-refractivity contribution is 9.10. The summed E-state index contributed by atoms with van der Waals surface area (Å²) in [6.07, 6.45) is 0.833. The topological polar surface area (TPSA) is 59.5 Å². The van der Waals surface area contributed by atoms with E-state index in [1.165, 1.54) is 0 Å². The molecule has 1 amide bonds. The maximum absolute atomic E-state index is 12.4. The molecular formula is C13H20BrClN2O2. The highest BCUT2D eigenvalue weighted by Gasteiger charge is 2.36. The van der Waals surface area contributed by atoms with E-state index in [4.69, 9.17) is 10.2 Å². The summed E-state index contributed by atoms with van der Waals surface area (Å²) in [6.45, 7) is 7.44. The zero-order chi connectivity index (χ0) is 13.5. The van der Waals surface area contributed by atoms with Crippen molar-refractivity contribution in [1.29, 1.82) is 0 Å². The van der Waals surface area contributed by atoms with Crippen molar-refractivity contribution in [2.75, 3.05) is 13.1 Å². The number of halogens is 2. The molecule has 4 nitrogen and oxygen atoms in total. The van der Waals surface area contributed by atoms with Gasteiger partial charge in [-0.1, -0.05) is 13.8 Å². The van der Waals surface area contributed by atoms with E-state index in [0.717, 1.165) is 12.0 Å². The van der Waals surface area contributed by atoms with E-state index < -0.39 is 0 Å². The third-order valence-corrected chi connectivity index (χ3v) is 4.07. The summed E-state index contributed by atoms with van der Waals surface area (Å²) in [5.74, 6) is 0.381. The first-order chi connectivity index (χ1) is 8.31. The second-order valence-corrected chi connectivity index (χ2v) is 6.45. The Balaban J connectivity index is 0.00000180. The van der Waals surface area contributed by atoms with Crippen LogP contribution in [-0.4, -0.2) is 29.9 Å². The summed E-state index contributed by atoms with van der Waals surface area (Å²) in [5, 5.41) is 0. The molecule has 1 saturated heterocycles. The van der Waals surface area contributed by atoms with Crippen molar-refractivity contribution in [2.24, 2.45) is 11.1 Å². The predicted molar refractivity (Wildman–Crippen MR) is 80.7 cm³/mol. The number of likely N-dealkylation sites (tertiary alicyclic amines) is 1. The van der Waals surface area contributed by atoms with Crippen LogP contribution in [0.25, 0.3) is 0 Å². The third-order valence-electron chi connectivity index (χ3n) is 3.68. The van der Waals surface area contributed by atoms with Gasteiger partial charge in [-0.25, -0.2) is 0 Å². The number of hydrogen-bond donors (Lipinski definition) is 1. The van der Waals surface area contributed by atoms with Gasteiger partial charge >= 0.3 is 0 Å². The molecule has 1 aliphatic heterocycles. The van der Waals surface area contributed by atoms with Gasteiger partial charge in [-0.3, -0.25) is 4.79 Å². The summed E-state index contributed by atoms with van der Waals surface area (Å²) in [5.41, 5.74) is 6.89. The van der Waals surface area contributed by atoms with Crippen LogP contribution in [0.5, 0.6) is 0 Å². The smallest absolute Gasteiger partial charge is 0.289 e. The van der Waals surface area contributed by atoms with Crippen molar-refractivity contribution in [3.63, 3.8) is 0 Å². The lowest BCUT2D eigenvalue weighted by molar-refractivity contribution is 0.0501. The fourth-order valence-electron chi connectivity index (χ4n) is 2.35. The van der Waals surface area contributed by atoms with Crippen molar-refractivity contribution in [1.82, 2.24) is 4.90 Å². The molecule has 19 heavy (non-hydrogen) atoms. The highest BCUT2D eigenvalue weighted by atomic mass is 79.9. The zero-order valence-corrected chi connectivity index (χ0v) is 13.8. The molecule has 2 rings (SSSR count). The Kier molecular flexibility index (Phi) is 5.09. The van der Waals surface area contributed by atoms with Crippen molar-refractivity contribution < 1.29 is 9.21 Å². The summed E-state index contributed by atoms with van der Waals surface area (Å²) in [7, 11) is 0. The van der Waals surface area contributed by atoms with Gasteiger partial charge in [-0.05, 0) is 40.8 Å². The SMILES string of the molecule is Cc1cc(Br)oc1C(=O)N1CCC(N)C(C)(C)C1.Cl. The maximum atomic E-state index is 12.4. The van der Waals surface area contributed by atoms with Crippen molar-refractivity contribution in [3.05, 3.63) is 22.1 Å². The molecule has 0 bridgehead atoms. The molecule has 0 aromatic carbocycles. The molecule has 1 unspecified atom stereocenters. The van der Waals surface area contributed by atoms with Gasteiger partial charge in [0.1, 0.15) is 0 Å². The second kappa shape index (κ2) is 5.85. The molecule has 1 aromatic heterocycles. The molecule has 0 saturated carbocycles. The van der Waals surface area contributed by atoms with Gasteiger partial charge in [0.15, 0.2) is 10.4 Å². The number of furan rings is 1. The molecule has 0 radical (unpaired) electrons. The summed E-state index contributed by atoms with van der Waals surface area (Å²) in [4.78, 5) is 14.2. The van der Waals surface area contributed by atoms with Crippen LogP contribution in [0.2, 0.25) is 0 Å². The predicted octanol–water partition coefficient (Wildman–Crippen LogP) is 2.97. The van der Waals surface area contributed by atoms with Crippen LogP contribution in [0.3, 0.4) is 0 Å². The number of carbonyl (C=O) groups excluding carboxylic acids is 1. The number of hydrogen-bond acceptors (Lipinski definition) is 3. The fraction of sp³-hybridized carbons (Fsp3) is 0.615. The van der Waals surface area contributed by atoms with E-state index in [1.54, 1.807) is 0 Å². The second-order valence-electron chi connectivity index (χ2n) is 5.67. The molecule has 1 fully saturated rings. The molecule has 0 spiro atoms. The molecule has 2 heterocycles. The van der Waals surface area contributed by atoms with Crippen LogP contribution in [0.15, 0.2) is 15.2 Å². The first-order valence-electron chi connectivity index (χ1n) is 6.12. The Labute approximate surface area is 128 Å². The van der Waals surface area contributed by atoms with E-state index in [9.17, 15) is 4.79 Å². The van der Waals surface area contributed by atoms with Gasteiger partial charge in [0.2, 0.25) is 0 Å². The van der Waals surface area contributed by atoms with E-state index in [1.807, 2.05) is 17.9 Å². The molecular weight excluding hydrogens is 332 g/mol. The molecule has 1 aromatic rings. The standard InChI is InChI=1S/C13H19BrN2O2.ClH/c1-8-6-10(14)18-11(8)12(17)16-5-4-9(15)13(2,3)7-16;/h6,9H,4-5,7,15H2,1-3H3;1H. The lowest BCUT2D eigenvalue weighted by Crippen LogP contribution is -2.54. The van der Waals surface area contributed by atoms with Crippen LogP contribution in [0, 0.1) is 12.3 Å². The average Bonchev–Trinajstić information content (AvgIpc) is 2.60. The quantitative estimate of drug-likeness (QED) is 0.846. The summed E-state index contributed by atoms with van der Waals surface area (Å²) >= 11 is 3.25. The van der Waals surface area contributed by atoms with Gasteiger partial charge in [0, 0.05) is 24.7 Å². The van der Waals surface area contributed by atoms with Gasteiger partial charge in [-0.15, -0.1) is 12.4 Å².